The van der Waals surface area contributed by atoms with Crippen molar-refractivity contribution in [2.24, 2.45) is 5.92 Å². The minimum absolute atomic E-state index is 0.000152. The standard InChI is InChI=1S/C38H43F5N10O3/c1-20-12-26-28(15-24(20)33-32(38(41,42)43)21(2)13-29(45)47-33)46-36(55-19-37-7-3-9-52(37)17-22(39)16-37)49-35(26)51-10-11-53(23(18-51)6-8-44)31(54)5-4-30-48-34(50-56-30)25-14-27(25)40/h4-5,13,20,22-25,27H,3,6-7,9-12,14-19H2,1-2H3,(H2,45,47)/b5-4+/t20-,22-,23+,24-,25+,27+,37+/m1/s1. The average Bonchev–Trinajstić information content (AvgIpc) is 3.41. The molecule has 13 nitrogen and oxygen atoms in total. The molecule has 6 heterocycles. The quantitative estimate of drug-likeness (QED) is 0.226. The lowest BCUT2D eigenvalue weighted by Gasteiger charge is -2.42. The SMILES string of the molecule is Cc1cc(N)nc([C@@H]2Cc3nc(OC[C@@]45CCCN4C[C@H](F)C5)nc(N4CCN(C(=O)/C=C/c5nc([C@H]6C[C@@H]6F)no5)[C@@H](CC#N)C4)c3C[C@H]2C)c1C(F)(F)F. The zero-order chi connectivity index (χ0) is 39.5. The summed E-state index contributed by atoms with van der Waals surface area (Å²) in [6, 6.07) is 2.89. The molecule has 0 aromatic carbocycles. The number of nitriles is 1. The van der Waals surface area contributed by atoms with Gasteiger partial charge >= 0.3 is 12.2 Å². The van der Waals surface area contributed by atoms with Crippen molar-refractivity contribution < 1.29 is 36.0 Å². The van der Waals surface area contributed by atoms with Gasteiger partial charge < -0.3 is 24.8 Å². The molecule has 3 aromatic rings. The van der Waals surface area contributed by atoms with Crippen LogP contribution >= 0.6 is 0 Å². The van der Waals surface area contributed by atoms with Crippen LogP contribution in [0.4, 0.5) is 33.6 Å². The monoisotopic (exact) mass is 782 g/mol. The Hall–Kier alpha value is -4.92. The van der Waals surface area contributed by atoms with Crippen LogP contribution in [-0.2, 0) is 23.8 Å². The van der Waals surface area contributed by atoms with Crippen molar-refractivity contribution in [3.05, 3.63) is 51.9 Å². The lowest BCUT2D eigenvalue weighted by atomic mass is 9.75. The van der Waals surface area contributed by atoms with E-state index < -0.39 is 47.5 Å². The van der Waals surface area contributed by atoms with Gasteiger partial charge in [0.1, 0.15) is 30.6 Å². The molecule has 0 radical (unpaired) electrons. The van der Waals surface area contributed by atoms with E-state index in [1.165, 1.54) is 25.1 Å². The molecule has 2 N–H and O–H groups in total. The second kappa shape index (κ2) is 14.5. The van der Waals surface area contributed by atoms with Gasteiger partial charge in [-0.05, 0) is 63.1 Å². The highest BCUT2D eigenvalue weighted by Gasteiger charge is 2.50. The van der Waals surface area contributed by atoms with Crippen LogP contribution in [0, 0.1) is 24.2 Å². The van der Waals surface area contributed by atoms with E-state index in [9.17, 15) is 32.0 Å². The van der Waals surface area contributed by atoms with Crippen molar-refractivity contribution >= 4 is 23.6 Å². The van der Waals surface area contributed by atoms with Crippen LogP contribution in [0.15, 0.2) is 16.7 Å². The van der Waals surface area contributed by atoms with E-state index in [0.717, 1.165) is 24.9 Å². The number of rotatable bonds is 9. The van der Waals surface area contributed by atoms with Crippen LogP contribution in [0.3, 0.4) is 0 Å². The van der Waals surface area contributed by atoms with Crippen molar-refractivity contribution in [3.63, 3.8) is 0 Å². The van der Waals surface area contributed by atoms with Gasteiger partial charge in [-0.3, -0.25) is 9.69 Å². The van der Waals surface area contributed by atoms with Gasteiger partial charge in [0.05, 0.1) is 46.9 Å². The van der Waals surface area contributed by atoms with Gasteiger partial charge in [-0.25, -0.2) is 13.8 Å². The van der Waals surface area contributed by atoms with Gasteiger partial charge in [0.2, 0.25) is 5.91 Å². The highest BCUT2D eigenvalue weighted by atomic mass is 19.4. The van der Waals surface area contributed by atoms with Crippen molar-refractivity contribution in [2.45, 2.75) is 101 Å². The van der Waals surface area contributed by atoms with E-state index in [2.05, 4.69) is 26.1 Å². The van der Waals surface area contributed by atoms with E-state index in [-0.39, 0.29) is 79.2 Å². The van der Waals surface area contributed by atoms with Crippen LogP contribution in [0.5, 0.6) is 6.01 Å². The summed E-state index contributed by atoms with van der Waals surface area (Å²) in [5, 5.41) is 13.6. The number of fused-ring (bicyclic) bond motifs is 2. The lowest BCUT2D eigenvalue weighted by molar-refractivity contribution is -0.139. The molecule has 5 aliphatic rings. The fourth-order valence-corrected chi connectivity index (χ4v) is 9.20. The second-order valence-corrected chi connectivity index (χ2v) is 15.9. The summed E-state index contributed by atoms with van der Waals surface area (Å²) in [6.45, 7) is 5.28. The number of hydrogen-bond donors (Lipinski definition) is 1. The molecule has 1 amide bonds. The van der Waals surface area contributed by atoms with Gasteiger partial charge in [-0.1, -0.05) is 12.1 Å². The summed E-state index contributed by atoms with van der Waals surface area (Å²) < 4.78 is 83.1. The first kappa shape index (κ1) is 38.0. The Balaban J connectivity index is 1.09. The number of nitrogens with zero attached hydrogens (tertiary/aromatic N) is 9. The molecule has 56 heavy (non-hydrogen) atoms. The van der Waals surface area contributed by atoms with Gasteiger partial charge in [0.25, 0.3) is 5.89 Å². The van der Waals surface area contributed by atoms with E-state index in [1.807, 2.05) is 11.8 Å². The topological polar surface area (TPSA) is 163 Å². The third-order valence-corrected chi connectivity index (χ3v) is 12.1. The number of piperazine rings is 1. The highest BCUT2D eigenvalue weighted by molar-refractivity contribution is 5.91. The van der Waals surface area contributed by atoms with E-state index in [4.69, 9.17) is 25.0 Å². The zero-order valence-corrected chi connectivity index (χ0v) is 31.1. The average molecular weight is 783 g/mol. The summed E-state index contributed by atoms with van der Waals surface area (Å²) in [5.41, 5.74) is 5.85. The smallest absolute Gasteiger partial charge is 0.418 e. The predicted molar refractivity (Wildman–Crippen MR) is 192 cm³/mol. The number of aryl methyl sites for hydroxylation is 1. The molecule has 0 bridgehead atoms. The molecule has 4 fully saturated rings. The molecule has 3 aliphatic heterocycles. The number of carbonyl (C=O) groups is 1. The minimum Gasteiger partial charge on any atom is -0.461 e. The maximum absolute atomic E-state index is 14.6. The molecular formula is C38H43F5N10O3. The largest absolute Gasteiger partial charge is 0.461 e. The first-order valence-electron chi connectivity index (χ1n) is 19.1. The minimum atomic E-state index is -4.65. The summed E-state index contributed by atoms with van der Waals surface area (Å²) in [7, 11) is 0. The third kappa shape index (κ3) is 7.25. The number of ether oxygens (including phenoxy) is 1. The van der Waals surface area contributed by atoms with Crippen molar-refractivity contribution in [3.8, 4) is 12.1 Å². The Bertz CT molecular complexity index is 2070. The normalized spacial score (nSPS) is 29.0. The van der Waals surface area contributed by atoms with Gasteiger partial charge in [-0.2, -0.15) is 33.4 Å². The van der Waals surface area contributed by atoms with E-state index in [1.54, 1.807) is 4.90 Å². The second-order valence-electron chi connectivity index (χ2n) is 15.9. The maximum Gasteiger partial charge on any atom is 0.418 e. The molecule has 3 saturated heterocycles. The summed E-state index contributed by atoms with van der Waals surface area (Å²) in [5.74, 6) is -0.912. The van der Waals surface area contributed by atoms with Crippen LogP contribution in [0.1, 0.15) is 90.7 Å². The number of anilines is 2. The summed E-state index contributed by atoms with van der Waals surface area (Å²) >= 11 is 0. The summed E-state index contributed by atoms with van der Waals surface area (Å²) in [4.78, 5) is 37.2. The van der Waals surface area contributed by atoms with Crippen molar-refractivity contribution in [2.75, 3.05) is 50.0 Å². The molecule has 0 spiro atoms. The number of amides is 1. The molecule has 18 heteroatoms. The Morgan fingerprint density at radius 2 is 1.95 bits per heavy atom. The van der Waals surface area contributed by atoms with Crippen LogP contribution in [0.25, 0.3) is 6.08 Å². The Kier molecular flexibility index (Phi) is 9.86. The molecule has 3 aromatic heterocycles. The molecule has 1 saturated carbocycles. The predicted octanol–water partition coefficient (Wildman–Crippen LogP) is 5.11. The molecule has 2 aliphatic carbocycles. The number of hydrogen-bond acceptors (Lipinski definition) is 12. The van der Waals surface area contributed by atoms with Crippen LogP contribution in [0.2, 0.25) is 0 Å². The van der Waals surface area contributed by atoms with Gasteiger partial charge in [-0.15, -0.1) is 0 Å². The summed E-state index contributed by atoms with van der Waals surface area (Å²) in [6.07, 6.45) is -1.18. The van der Waals surface area contributed by atoms with Crippen molar-refractivity contribution in [1.82, 2.24) is 34.9 Å². The number of pyridine rings is 1. The van der Waals surface area contributed by atoms with Crippen molar-refractivity contribution in [1.29, 1.82) is 5.26 Å². The number of alkyl halides is 5. The first-order valence-corrected chi connectivity index (χ1v) is 19.1. The van der Waals surface area contributed by atoms with E-state index in [0.29, 0.717) is 43.9 Å². The van der Waals surface area contributed by atoms with Gasteiger partial charge in [0.15, 0.2) is 5.82 Å². The molecule has 8 rings (SSSR count). The fourth-order valence-electron chi connectivity index (χ4n) is 9.20. The third-order valence-electron chi connectivity index (χ3n) is 12.1. The maximum atomic E-state index is 14.6. The zero-order valence-electron chi connectivity index (χ0n) is 31.1. The number of nitrogens with two attached hydrogens (primary N) is 1. The Morgan fingerprint density at radius 3 is 2.70 bits per heavy atom. The van der Waals surface area contributed by atoms with E-state index >= 15 is 0 Å². The number of nitrogen functional groups attached to an aromatic ring is 1. The highest BCUT2D eigenvalue weighted by Crippen LogP contribution is 2.46. The first-order chi connectivity index (χ1) is 26.7. The molecular weight excluding hydrogens is 739 g/mol. The fraction of sp³-hybridized carbons (Fsp3) is 0.605. The molecule has 7 atom stereocenters. The van der Waals surface area contributed by atoms with Crippen LogP contribution < -0.4 is 15.4 Å². The molecule has 298 valence electrons. The lowest BCUT2D eigenvalue weighted by Crippen LogP contribution is -2.55. The van der Waals surface area contributed by atoms with Crippen LogP contribution in [-0.4, -0.2) is 104 Å². The van der Waals surface area contributed by atoms with Gasteiger partial charge in [0, 0.05) is 56.2 Å². The molecule has 0 unspecified atom stereocenters. The Labute approximate surface area is 320 Å². The number of carbonyl (C=O) groups excluding carboxylic acids is 1. The Morgan fingerprint density at radius 1 is 1.14 bits per heavy atom. The number of aromatic nitrogens is 5. The number of halogens is 5.